The molecule has 2 rings (SSSR count). The molecule has 1 aromatic rings. The molecule has 0 bridgehead atoms. The number of methoxy groups -OCH3 is 1. The molecule has 0 atom stereocenters. The molecule has 0 spiro atoms. The zero-order chi connectivity index (χ0) is 10.7. The Morgan fingerprint density at radius 2 is 2.13 bits per heavy atom. The van der Waals surface area contributed by atoms with Gasteiger partial charge in [-0.3, -0.25) is 0 Å². The van der Waals surface area contributed by atoms with E-state index in [0.717, 1.165) is 17.3 Å². The van der Waals surface area contributed by atoms with Crippen LogP contribution < -0.4 is 9.47 Å². The van der Waals surface area contributed by atoms with E-state index in [-0.39, 0.29) is 6.10 Å². The van der Waals surface area contributed by atoms with Gasteiger partial charge in [-0.2, -0.15) is 4.98 Å². The molecule has 0 aromatic carbocycles. The Bertz CT molecular complexity index is 340. The second-order valence-corrected chi connectivity index (χ2v) is 4.39. The predicted molar refractivity (Wildman–Crippen MR) is 59.2 cm³/mol. The van der Waals surface area contributed by atoms with E-state index in [2.05, 4.69) is 25.9 Å². The summed E-state index contributed by atoms with van der Waals surface area (Å²) in [4.78, 5) is 8.24. The van der Waals surface area contributed by atoms with Crippen LogP contribution in [-0.4, -0.2) is 23.2 Å². The molecular weight excluding hydrogens is 260 g/mol. The Morgan fingerprint density at radius 1 is 1.40 bits per heavy atom. The molecule has 0 radical (unpaired) electrons. The smallest absolute Gasteiger partial charge is 0.320 e. The zero-order valence-electron chi connectivity index (χ0n) is 8.57. The third kappa shape index (κ3) is 2.59. The number of aromatic nitrogens is 2. The highest BCUT2D eigenvalue weighted by atomic mass is 79.9. The van der Waals surface area contributed by atoms with Crippen LogP contribution in [0.4, 0.5) is 0 Å². The second-order valence-electron chi connectivity index (χ2n) is 3.53. The molecule has 1 aliphatic carbocycles. The van der Waals surface area contributed by atoms with Crippen molar-refractivity contribution in [1.29, 1.82) is 0 Å². The molecule has 4 nitrogen and oxygen atoms in total. The lowest BCUT2D eigenvalue weighted by atomic mass is 10.3. The number of hydrogen-bond acceptors (Lipinski definition) is 4. The minimum absolute atomic E-state index is 0.274. The first-order valence-electron chi connectivity index (χ1n) is 5.03. The summed E-state index contributed by atoms with van der Waals surface area (Å²) in [6, 6.07) is 0.405. The van der Waals surface area contributed by atoms with Gasteiger partial charge in [0.25, 0.3) is 0 Å². The molecule has 0 N–H and O–H groups in total. The molecule has 5 heteroatoms. The molecule has 15 heavy (non-hydrogen) atoms. The Morgan fingerprint density at radius 3 is 2.80 bits per heavy atom. The van der Waals surface area contributed by atoms with Crippen molar-refractivity contribution in [3.63, 3.8) is 0 Å². The van der Waals surface area contributed by atoms with Gasteiger partial charge in [0.2, 0.25) is 5.88 Å². The fourth-order valence-corrected chi connectivity index (χ4v) is 2.04. The van der Waals surface area contributed by atoms with Crippen molar-refractivity contribution in [3.8, 4) is 11.9 Å². The fourth-order valence-electron chi connectivity index (χ4n) is 1.69. The first-order chi connectivity index (χ1) is 7.29. The van der Waals surface area contributed by atoms with Gasteiger partial charge in [-0.05, 0) is 41.6 Å². The highest BCUT2D eigenvalue weighted by Gasteiger charge is 2.18. The lowest BCUT2D eigenvalue weighted by Gasteiger charge is -2.11. The third-order valence-electron chi connectivity index (χ3n) is 2.46. The molecule has 0 unspecified atom stereocenters. The molecule has 1 saturated carbocycles. The van der Waals surface area contributed by atoms with Crippen molar-refractivity contribution in [2.24, 2.45) is 0 Å². The number of hydrogen-bond donors (Lipinski definition) is 0. The van der Waals surface area contributed by atoms with E-state index in [9.17, 15) is 0 Å². The highest BCUT2D eigenvalue weighted by Crippen LogP contribution is 2.26. The van der Waals surface area contributed by atoms with Crippen LogP contribution in [0.2, 0.25) is 0 Å². The predicted octanol–water partition coefficient (Wildman–Crippen LogP) is 2.57. The molecule has 1 heterocycles. The first kappa shape index (κ1) is 10.7. The topological polar surface area (TPSA) is 44.2 Å². The summed E-state index contributed by atoms with van der Waals surface area (Å²) in [5.74, 6) is 0.512. The average molecular weight is 273 g/mol. The van der Waals surface area contributed by atoms with E-state index in [1.807, 2.05) is 0 Å². The summed E-state index contributed by atoms with van der Waals surface area (Å²) >= 11 is 3.30. The Hall–Kier alpha value is -0.840. The van der Waals surface area contributed by atoms with Gasteiger partial charge < -0.3 is 9.47 Å². The summed E-state index contributed by atoms with van der Waals surface area (Å²) in [7, 11) is 1.58. The Balaban J connectivity index is 2.07. The molecule has 0 aliphatic heterocycles. The second kappa shape index (κ2) is 4.79. The molecular formula is C10H13BrN2O2. The monoisotopic (exact) mass is 272 g/mol. The maximum atomic E-state index is 5.65. The van der Waals surface area contributed by atoms with Crippen LogP contribution in [0.3, 0.4) is 0 Å². The standard InChI is InChI=1S/C10H13BrN2O2/c1-14-9-8(11)6-12-10(13-9)15-7-4-2-3-5-7/h6-7H,2-5H2,1H3. The minimum atomic E-state index is 0.274. The van der Waals surface area contributed by atoms with Gasteiger partial charge in [0.05, 0.1) is 17.8 Å². The minimum Gasteiger partial charge on any atom is -0.480 e. The largest absolute Gasteiger partial charge is 0.480 e. The molecule has 1 fully saturated rings. The molecule has 1 aromatic heterocycles. The van der Waals surface area contributed by atoms with Crippen molar-refractivity contribution in [2.75, 3.05) is 7.11 Å². The van der Waals surface area contributed by atoms with Gasteiger partial charge in [0.1, 0.15) is 6.10 Å². The fraction of sp³-hybridized carbons (Fsp3) is 0.600. The quantitative estimate of drug-likeness (QED) is 0.849. The normalized spacial score (nSPS) is 16.7. The lowest BCUT2D eigenvalue weighted by molar-refractivity contribution is 0.189. The Kier molecular flexibility index (Phi) is 3.41. The van der Waals surface area contributed by atoms with Crippen LogP contribution in [0.25, 0.3) is 0 Å². The maximum absolute atomic E-state index is 5.65. The van der Waals surface area contributed by atoms with Crippen molar-refractivity contribution in [1.82, 2.24) is 9.97 Å². The van der Waals surface area contributed by atoms with Crippen LogP contribution in [0.15, 0.2) is 10.7 Å². The highest BCUT2D eigenvalue weighted by molar-refractivity contribution is 9.10. The van der Waals surface area contributed by atoms with Crippen molar-refractivity contribution in [2.45, 2.75) is 31.8 Å². The van der Waals surface area contributed by atoms with Crippen LogP contribution in [-0.2, 0) is 0 Å². The number of rotatable bonds is 3. The molecule has 82 valence electrons. The van der Waals surface area contributed by atoms with E-state index in [1.165, 1.54) is 12.8 Å². The molecule has 0 saturated heterocycles. The van der Waals surface area contributed by atoms with Gasteiger partial charge in [0, 0.05) is 0 Å². The molecule has 0 amide bonds. The van der Waals surface area contributed by atoms with Gasteiger partial charge >= 0.3 is 6.01 Å². The van der Waals surface area contributed by atoms with Crippen molar-refractivity contribution < 1.29 is 9.47 Å². The maximum Gasteiger partial charge on any atom is 0.320 e. The van der Waals surface area contributed by atoms with Gasteiger partial charge in [-0.25, -0.2) is 4.98 Å². The number of halogens is 1. The number of ether oxygens (including phenoxy) is 2. The summed E-state index contributed by atoms with van der Waals surface area (Å²) < 4.78 is 11.5. The summed E-state index contributed by atoms with van der Waals surface area (Å²) in [6.07, 6.45) is 6.59. The van der Waals surface area contributed by atoms with Gasteiger partial charge in [0.15, 0.2) is 0 Å². The van der Waals surface area contributed by atoms with E-state index < -0.39 is 0 Å². The number of nitrogens with zero attached hydrogens (tertiary/aromatic N) is 2. The van der Waals surface area contributed by atoms with Crippen molar-refractivity contribution >= 4 is 15.9 Å². The summed E-state index contributed by atoms with van der Waals surface area (Å²) in [5, 5.41) is 0. The molecule has 1 aliphatic rings. The van der Waals surface area contributed by atoms with Gasteiger partial charge in [-0.1, -0.05) is 0 Å². The Labute approximate surface area is 97.1 Å². The SMILES string of the molecule is COc1nc(OC2CCCC2)ncc1Br. The van der Waals surface area contributed by atoms with Crippen LogP contribution in [0, 0.1) is 0 Å². The van der Waals surface area contributed by atoms with E-state index in [0.29, 0.717) is 11.9 Å². The lowest BCUT2D eigenvalue weighted by Crippen LogP contribution is -2.13. The van der Waals surface area contributed by atoms with Crippen LogP contribution in [0.5, 0.6) is 11.9 Å². The van der Waals surface area contributed by atoms with Crippen LogP contribution in [0.1, 0.15) is 25.7 Å². The summed E-state index contributed by atoms with van der Waals surface area (Å²) in [5.41, 5.74) is 0. The van der Waals surface area contributed by atoms with Crippen molar-refractivity contribution in [3.05, 3.63) is 10.7 Å². The summed E-state index contributed by atoms with van der Waals surface area (Å²) in [6.45, 7) is 0. The van der Waals surface area contributed by atoms with E-state index >= 15 is 0 Å². The zero-order valence-corrected chi connectivity index (χ0v) is 10.2. The van der Waals surface area contributed by atoms with E-state index in [4.69, 9.17) is 9.47 Å². The first-order valence-corrected chi connectivity index (χ1v) is 5.82. The van der Waals surface area contributed by atoms with E-state index in [1.54, 1.807) is 13.3 Å². The third-order valence-corrected chi connectivity index (χ3v) is 3.00. The van der Waals surface area contributed by atoms with Gasteiger partial charge in [-0.15, -0.1) is 0 Å². The van der Waals surface area contributed by atoms with Crippen LogP contribution >= 0.6 is 15.9 Å². The average Bonchev–Trinajstić information content (AvgIpc) is 2.73.